The molecule has 0 saturated carbocycles. The molecule has 21 heavy (non-hydrogen) atoms. The molecule has 112 valence electrons. The summed E-state index contributed by atoms with van der Waals surface area (Å²) < 4.78 is 0. The number of hydrogen-bond acceptors (Lipinski definition) is 4. The van der Waals surface area contributed by atoms with Crippen molar-refractivity contribution in [2.75, 3.05) is 0 Å². The van der Waals surface area contributed by atoms with E-state index in [1.807, 2.05) is 17.4 Å². The molecule has 2 aromatic rings. The van der Waals surface area contributed by atoms with Gasteiger partial charge in [-0.1, -0.05) is 32.9 Å². The van der Waals surface area contributed by atoms with Crippen molar-refractivity contribution in [2.45, 2.75) is 39.3 Å². The lowest BCUT2D eigenvalue weighted by Gasteiger charge is -2.15. The molecule has 0 aliphatic carbocycles. The van der Waals surface area contributed by atoms with Crippen LogP contribution in [0.25, 0.3) is 0 Å². The average Bonchev–Trinajstić information content (AvgIpc) is 2.88. The molecule has 0 saturated heterocycles. The van der Waals surface area contributed by atoms with Gasteiger partial charge in [0, 0.05) is 35.0 Å². The Morgan fingerprint density at radius 1 is 1.19 bits per heavy atom. The van der Waals surface area contributed by atoms with E-state index in [2.05, 4.69) is 38.2 Å². The quantitative estimate of drug-likeness (QED) is 0.664. The summed E-state index contributed by atoms with van der Waals surface area (Å²) in [5.41, 5.74) is 1.25. The molecule has 0 atom stereocenters. The minimum atomic E-state index is -0.363. The largest absolute Gasteiger partial charge is 0.308 e. The van der Waals surface area contributed by atoms with Crippen molar-refractivity contribution in [1.29, 1.82) is 0 Å². The standard InChI is InChI=1S/C16H20N2O2S/c1-16(2,3)15-8-7-14(21-15)11-17-10-12-5-4-6-13(9-12)18(19)20/h4-9,17H,10-11H2,1-3H3. The summed E-state index contributed by atoms with van der Waals surface area (Å²) in [5, 5.41) is 14.1. The first-order valence-electron chi connectivity index (χ1n) is 6.89. The number of hydrogen-bond donors (Lipinski definition) is 1. The first-order chi connectivity index (χ1) is 9.86. The lowest BCUT2D eigenvalue weighted by atomic mass is 9.95. The molecular weight excluding hydrogens is 284 g/mol. The van der Waals surface area contributed by atoms with Crippen molar-refractivity contribution in [3.8, 4) is 0 Å². The van der Waals surface area contributed by atoms with Crippen molar-refractivity contribution in [2.24, 2.45) is 0 Å². The van der Waals surface area contributed by atoms with Crippen molar-refractivity contribution >= 4 is 17.0 Å². The number of benzene rings is 1. The number of nitrogens with zero attached hydrogens (tertiary/aromatic N) is 1. The molecule has 0 aliphatic rings. The summed E-state index contributed by atoms with van der Waals surface area (Å²) in [4.78, 5) is 13.0. The van der Waals surface area contributed by atoms with Gasteiger partial charge in [0.15, 0.2) is 0 Å². The van der Waals surface area contributed by atoms with E-state index in [1.54, 1.807) is 12.1 Å². The minimum Gasteiger partial charge on any atom is -0.308 e. The van der Waals surface area contributed by atoms with Crippen molar-refractivity contribution < 1.29 is 4.92 Å². The average molecular weight is 304 g/mol. The summed E-state index contributed by atoms with van der Waals surface area (Å²) in [6.45, 7) is 8.03. The van der Waals surface area contributed by atoms with Crippen LogP contribution in [-0.2, 0) is 18.5 Å². The minimum absolute atomic E-state index is 0.139. The Balaban J connectivity index is 1.91. The maximum atomic E-state index is 10.7. The van der Waals surface area contributed by atoms with E-state index in [4.69, 9.17) is 0 Å². The van der Waals surface area contributed by atoms with E-state index in [-0.39, 0.29) is 16.0 Å². The molecule has 1 aromatic heterocycles. The van der Waals surface area contributed by atoms with E-state index >= 15 is 0 Å². The zero-order valence-corrected chi connectivity index (χ0v) is 13.4. The van der Waals surface area contributed by atoms with Crippen molar-refractivity contribution in [3.05, 3.63) is 61.8 Å². The molecule has 2 rings (SSSR count). The highest BCUT2D eigenvalue weighted by Crippen LogP contribution is 2.29. The third-order valence-electron chi connectivity index (χ3n) is 3.15. The molecule has 1 heterocycles. The van der Waals surface area contributed by atoms with Crippen molar-refractivity contribution in [1.82, 2.24) is 5.32 Å². The lowest BCUT2D eigenvalue weighted by molar-refractivity contribution is -0.384. The molecule has 0 bridgehead atoms. The van der Waals surface area contributed by atoms with Crippen LogP contribution in [0.3, 0.4) is 0 Å². The first kappa shape index (κ1) is 15.7. The monoisotopic (exact) mass is 304 g/mol. The van der Waals surface area contributed by atoms with Gasteiger partial charge >= 0.3 is 0 Å². The zero-order chi connectivity index (χ0) is 15.5. The molecule has 1 N–H and O–H groups in total. The highest BCUT2D eigenvalue weighted by molar-refractivity contribution is 7.12. The van der Waals surface area contributed by atoms with Crippen LogP contribution in [-0.4, -0.2) is 4.92 Å². The molecule has 4 nitrogen and oxygen atoms in total. The van der Waals surface area contributed by atoms with Crippen molar-refractivity contribution in [3.63, 3.8) is 0 Å². The molecule has 0 spiro atoms. The third-order valence-corrected chi connectivity index (χ3v) is 4.66. The number of non-ortho nitro benzene ring substituents is 1. The fourth-order valence-electron chi connectivity index (χ4n) is 1.99. The van der Waals surface area contributed by atoms with Gasteiger partial charge in [0.2, 0.25) is 0 Å². The molecule has 1 aromatic carbocycles. The van der Waals surface area contributed by atoms with Gasteiger partial charge in [0.25, 0.3) is 5.69 Å². The number of rotatable bonds is 5. The van der Waals surface area contributed by atoms with E-state index < -0.39 is 0 Å². The van der Waals surface area contributed by atoms with Crippen LogP contribution in [0.2, 0.25) is 0 Å². The van der Waals surface area contributed by atoms with Gasteiger partial charge in [0.05, 0.1) is 4.92 Å². The Labute approximate surface area is 129 Å². The van der Waals surface area contributed by atoms with Gasteiger partial charge in [-0.05, 0) is 23.1 Å². The highest BCUT2D eigenvalue weighted by Gasteiger charge is 2.15. The Hall–Kier alpha value is -1.72. The second kappa shape index (κ2) is 6.37. The molecule has 0 amide bonds. The smallest absolute Gasteiger partial charge is 0.269 e. The number of thiophene rings is 1. The predicted molar refractivity (Wildman–Crippen MR) is 86.7 cm³/mol. The summed E-state index contributed by atoms with van der Waals surface area (Å²) in [6.07, 6.45) is 0. The Kier molecular flexibility index (Phi) is 4.75. The van der Waals surface area contributed by atoms with E-state index in [1.165, 1.54) is 15.8 Å². The second-order valence-corrected chi connectivity index (χ2v) is 7.21. The van der Waals surface area contributed by atoms with E-state index in [0.29, 0.717) is 6.54 Å². The van der Waals surface area contributed by atoms with Crippen LogP contribution in [0.5, 0.6) is 0 Å². The summed E-state index contributed by atoms with van der Waals surface area (Å²) in [6, 6.07) is 11.1. The molecule has 0 fully saturated rings. The van der Waals surface area contributed by atoms with E-state index in [0.717, 1.165) is 12.1 Å². The Morgan fingerprint density at radius 2 is 1.95 bits per heavy atom. The predicted octanol–water partition coefficient (Wildman–Crippen LogP) is 4.24. The number of nitro groups is 1. The van der Waals surface area contributed by atoms with Gasteiger partial charge < -0.3 is 5.32 Å². The second-order valence-electron chi connectivity index (χ2n) is 6.05. The summed E-state index contributed by atoms with van der Waals surface area (Å²) in [7, 11) is 0. The highest BCUT2D eigenvalue weighted by atomic mass is 32.1. The fraction of sp³-hybridized carbons (Fsp3) is 0.375. The van der Waals surface area contributed by atoms with Crippen LogP contribution in [0.1, 0.15) is 36.1 Å². The van der Waals surface area contributed by atoms with E-state index in [9.17, 15) is 10.1 Å². The SMILES string of the molecule is CC(C)(C)c1ccc(CNCc2cccc([N+](=O)[O-])c2)s1. The van der Waals surface area contributed by atoms with Gasteiger partial charge in [-0.3, -0.25) is 10.1 Å². The van der Waals surface area contributed by atoms with Crippen LogP contribution < -0.4 is 5.32 Å². The third kappa shape index (κ3) is 4.37. The number of nitrogens with one attached hydrogen (secondary N) is 1. The van der Waals surface area contributed by atoms with Gasteiger partial charge in [0.1, 0.15) is 0 Å². The fourth-order valence-corrected chi connectivity index (χ4v) is 3.02. The topological polar surface area (TPSA) is 55.2 Å². The van der Waals surface area contributed by atoms with Gasteiger partial charge in [-0.25, -0.2) is 0 Å². The maximum Gasteiger partial charge on any atom is 0.269 e. The van der Waals surface area contributed by atoms with Crippen LogP contribution in [0.15, 0.2) is 36.4 Å². The van der Waals surface area contributed by atoms with Crippen LogP contribution in [0, 0.1) is 10.1 Å². The van der Waals surface area contributed by atoms with Gasteiger partial charge in [-0.2, -0.15) is 0 Å². The Morgan fingerprint density at radius 3 is 2.57 bits per heavy atom. The summed E-state index contributed by atoms with van der Waals surface area (Å²) in [5.74, 6) is 0. The summed E-state index contributed by atoms with van der Waals surface area (Å²) >= 11 is 1.81. The Bertz CT molecular complexity index is 629. The maximum absolute atomic E-state index is 10.7. The normalized spacial score (nSPS) is 11.6. The van der Waals surface area contributed by atoms with Crippen LogP contribution in [0.4, 0.5) is 5.69 Å². The van der Waals surface area contributed by atoms with Crippen LogP contribution >= 0.6 is 11.3 Å². The molecule has 0 aliphatic heterocycles. The number of nitro benzene ring substituents is 1. The molecular formula is C16H20N2O2S. The first-order valence-corrected chi connectivity index (χ1v) is 7.71. The molecule has 0 unspecified atom stereocenters. The zero-order valence-electron chi connectivity index (χ0n) is 12.6. The molecule has 0 radical (unpaired) electrons. The lowest BCUT2D eigenvalue weighted by Crippen LogP contribution is -2.12. The molecule has 5 heteroatoms. The van der Waals surface area contributed by atoms with Gasteiger partial charge in [-0.15, -0.1) is 11.3 Å².